The van der Waals surface area contributed by atoms with Crippen molar-refractivity contribution < 1.29 is 78.2 Å². The fraction of sp³-hybridized carbons (Fsp3) is 0.647. The van der Waals surface area contributed by atoms with Gasteiger partial charge in [-0.3, -0.25) is 28.5 Å². The summed E-state index contributed by atoms with van der Waals surface area (Å²) in [6, 6.07) is -1.04. The third kappa shape index (κ3) is 10.1. The van der Waals surface area contributed by atoms with Gasteiger partial charge in [-0.25, -0.2) is 13.7 Å². The number of Topliss-reactive ketones (excluding diaryl/α,β-unsaturated/α-hetero) is 2. The Labute approximate surface area is 222 Å². The van der Waals surface area contributed by atoms with Gasteiger partial charge in [-0.05, 0) is 0 Å². The molecule has 1 saturated heterocycles. The molecule has 230 valence electrons. The van der Waals surface area contributed by atoms with Crippen LogP contribution in [-0.2, 0) is 27.8 Å². The monoisotopic (exact) mass is 625 g/mol. The molecule has 0 aromatic carbocycles. The third-order valence-corrected chi connectivity index (χ3v) is 7.65. The van der Waals surface area contributed by atoms with Crippen molar-refractivity contribution in [2.45, 2.75) is 48.9 Å². The van der Waals surface area contributed by atoms with Crippen LogP contribution in [0.3, 0.4) is 0 Å². The van der Waals surface area contributed by atoms with Crippen molar-refractivity contribution in [3.8, 4) is 0 Å². The molecule has 0 amide bonds. The molecule has 1 unspecified atom stereocenters. The fourth-order valence-corrected chi connectivity index (χ4v) is 5.16. The summed E-state index contributed by atoms with van der Waals surface area (Å²) in [5.41, 5.74) is 3.83. The molecule has 23 heteroatoms. The molecule has 9 atom stereocenters. The van der Waals surface area contributed by atoms with Crippen LogP contribution < -0.4 is 17.0 Å². The van der Waals surface area contributed by atoms with E-state index >= 15 is 0 Å². The first-order chi connectivity index (χ1) is 18.3. The Balaban J connectivity index is 0.000000415. The van der Waals surface area contributed by atoms with Crippen LogP contribution in [0.15, 0.2) is 21.9 Å². The summed E-state index contributed by atoms with van der Waals surface area (Å²) in [4.78, 5) is 73.2. The van der Waals surface area contributed by atoms with Gasteiger partial charge in [0.05, 0.1) is 13.2 Å². The number of aliphatic hydroxyl groups is 7. The van der Waals surface area contributed by atoms with Gasteiger partial charge < -0.3 is 60.9 Å². The predicted molar refractivity (Wildman–Crippen MR) is 125 cm³/mol. The number of hydrogen-bond acceptors (Lipinski definition) is 16. The number of nitrogens with two attached hydrogens (primary N) is 1. The first-order valence-corrected chi connectivity index (χ1v) is 14.1. The number of ether oxygens (including phenoxy) is 1. The van der Waals surface area contributed by atoms with Crippen molar-refractivity contribution in [3.05, 3.63) is 33.1 Å². The van der Waals surface area contributed by atoms with Gasteiger partial charge in [0.25, 0.3) is 5.56 Å². The van der Waals surface area contributed by atoms with E-state index in [1.54, 1.807) is 0 Å². The van der Waals surface area contributed by atoms with E-state index in [1.807, 2.05) is 4.98 Å². The normalized spacial score (nSPS) is 25.6. The summed E-state index contributed by atoms with van der Waals surface area (Å²) in [6.45, 7) is -1.47. The van der Waals surface area contributed by atoms with Crippen molar-refractivity contribution in [3.63, 3.8) is 0 Å². The highest BCUT2D eigenvalue weighted by Gasteiger charge is 2.44. The smallest absolute Gasteiger partial charge is 0.394 e. The highest BCUT2D eigenvalue weighted by atomic mass is 31.3. The van der Waals surface area contributed by atoms with Crippen molar-refractivity contribution in [1.29, 1.82) is 0 Å². The van der Waals surface area contributed by atoms with Gasteiger partial charge >= 0.3 is 21.1 Å². The minimum absolute atomic E-state index is 0.479. The number of rotatable bonds is 12. The minimum Gasteiger partial charge on any atom is -0.394 e. The van der Waals surface area contributed by atoms with Crippen LogP contribution in [0, 0.1) is 0 Å². The Morgan fingerprint density at radius 2 is 1.65 bits per heavy atom. The summed E-state index contributed by atoms with van der Waals surface area (Å²) >= 11 is 0. The number of nitrogens with one attached hydrogen (secondary N) is 1. The molecule has 21 nitrogen and oxygen atoms in total. The Hall–Kier alpha value is -2.04. The lowest BCUT2D eigenvalue weighted by Gasteiger charge is -2.25. The standard InChI is InChI=1S/C9H12N2O6.C8H17NO12P2/c12-3-4-6(14)7(15)8(17-4)11-2-1-5(13)10-9(11)16;9-5(8(15)7(14)3(11)1-10)6(13)4(12)2-22(16,17)21-23(18,19)20/h1-2,4,6-8,12,14-15H,3H2,(H,10,13,16);3,5,7-8,10-11,14-15H,1-2,9H2,(H,16,17)(H2,18,19,20)/t4-,6-,7-,8-;3-,5+,7+,8-/m11/s1. The van der Waals surface area contributed by atoms with Gasteiger partial charge in [0, 0.05) is 12.3 Å². The molecule has 13 N–H and O–H groups in total. The molecular formula is C17H29N3O18P2. The zero-order chi connectivity index (χ0) is 31.2. The summed E-state index contributed by atoms with van der Waals surface area (Å²) in [6.07, 6.45) is -11.4. The van der Waals surface area contributed by atoms with E-state index in [2.05, 4.69) is 4.31 Å². The first kappa shape index (κ1) is 36.0. The lowest BCUT2D eigenvalue weighted by molar-refractivity contribution is -0.141. The highest BCUT2D eigenvalue weighted by Crippen LogP contribution is 2.56. The molecule has 0 bridgehead atoms. The van der Waals surface area contributed by atoms with Gasteiger partial charge in [0.1, 0.15) is 48.8 Å². The topological polar surface area (TPSA) is 370 Å². The number of H-pyrrole nitrogens is 1. The third-order valence-electron chi connectivity index (χ3n) is 5.10. The number of carbonyl (C=O) groups excluding carboxylic acids is 2. The Kier molecular flexibility index (Phi) is 13.3. The zero-order valence-electron chi connectivity index (χ0n) is 20.1. The quantitative estimate of drug-likeness (QED) is 0.0758. The molecular weight excluding hydrogens is 596 g/mol. The van der Waals surface area contributed by atoms with Gasteiger partial charge in [-0.2, -0.15) is 0 Å². The van der Waals surface area contributed by atoms with Crippen molar-refractivity contribution >= 4 is 27.0 Å². The number of carbonyl (C=O) groups is 2. The van der Waals surface area contributed by atoms with E-state index in [0.717, 1.165) is 16.8 Å². The van der Waals surface area contributed by atoms with Gasteiger partial charge in [0.2, 0.25) is 11.6 Å². The summed E-state index contributed by atoms with van der Waals surface area (Å²) < 4.78 is 31.3. The van der Waals surface area contributed by atoms with E-state index in [4.69, 9.17) is 40.5 Å². The molecule has 1 fully saturated rings. The summed E-state index contributed by atoms with van der Waals surface area (Å²) in [7, 11) is -10.6. The summed E-state index contributed by atoms with van der Waals surface area (Å²) in [5, 5.41) is 64.5. The van der Waals surface area contributed by atoms with E-state index in [0.29, 0.717) is 0 Å². The molecule has 1 aromatic rings. The van der Waals surface area contributed by atoms with E-state index in [-0.39, 0.29) is 0 Å². The predicted octanol–water partition coefficient (Wildman–Crippen LogP) is -7.03. The number of nitrogens with zero attached hydrogens (tertiary/aromatic N) is 1. The highest BCUT2D eigenvalue weighted by molar-refractivity contribution is 7.64. The number of phosphoric acid groups is 1. The fourth-order valence-electron chi connectivity index (χ4n) is 3.08. The van der Waals surface area contributed by atoms with Crippen LogP contribution in [0.4, 0.5) is 0 Å². The van der Waals surface area contributed by atoms with E-state index < -0.39 is 107 Å². The lowest BCUT2D eigenvalue weighted by Crippen LogP contribution is -2.54. The van der Waals surface area contributed by atoms with Crippen LogP contribution in [0.2, 0.25) is 0 Å². The molecule has 0 spiro atoms. The SMILES string of the molecule is N[C@@H](C(=O)C(=O)CP(=O)(O)OP(=O)(O)O)[C@@H](O)[C@@H](O)[C@H](O)CO.O=c1ccn([C@@H]2O[C@H](CO)[C@@H](O)[C@H]2O)c(=O)[nH]1. The second-order valence-corrected chi connectivity index (χ2v) is 11.4. The lowest BCUT2D eigenvalue weighted by atomic mass is 9.97. The zero-order valence-corrected chi connectivity index (χ0v) is 21.8. The van der Waals surface area contributed by atoms with Gasteiger partial charge in [-0.15, -0.1) is 0 Å². The van der Waals surface area contributed by atoms with Crippen LogP contribution in [0.25, 0.3) is 0 Å². The molecule has 0 saturated carbocycles. The van der Waals surface area contributed by atoms with Crippen LogP contribution in [-0.4, -0.2) is 134 Å². The number of aromatic amines is 1. The second-order valence-electron chi connectivity index (χ2n) is 8.16. The Morgan fingerprint density at radius 3 is 2.10 bits per heavy atom. The van der Waals surface area contributed by atoms with Crippen LogP contribution in [0.5, 0.6) is 0 Å². The van der Waals surface area contributed by atoms with Gasteiger partial charge in [-0.1, -0.05) is 0 Å². The Bertz CT molecular complexity index is 1230. The minimum atomic E-state index is -5.41. The molecule has 1 aliphatic heterocycles. The molecule has 0 aliphatic carbocycles. The molecule has 0 radical (unpaired) electrons. The van der Waals surface area contributed by atoms with Gasteiger partial charge in [0.15, 0.2) is 6.23 Å². The van der Waals surface area contributed by atoms with Crippen molar-refractivity contribution in [2.24, 2.45) is 5.73 Å². The van der Waals surface area contributed by atoms with Crippen LogP contribution >= 0.6 is 15.4 Å². The molecule has 1 aromatic heterocycles. The van der Waals surface area contributed by atoms with E-state index in [1.165, 1.54) is 0 Å². The van der Waals surface area contributed by atoms with E-state index in [9.17, 15) is 48.7 Å². The molecule has 2 rings (SSSR count). The van der Waals surface area contributed by atoms with Crippen LogP contribution in [0.1, 0.15) is 6.23 Å². The number of ketones is 2. The largest absolute Gasteiger partial charge is 0.476 e. The summed E-state index contributed by atoms with van der Waals surface area (Å²) in [5.74, 6) is -3.37. The number of hydrogen-bond donors (Lipinski definition) is 12. The maximum Gasteiger partial charge on any atom is 0.476 e. The molecule has 1 aliphatic rings. The Morgan fingerprint density at radius 1 is 1.07 bits per heavy atom. The van der Waals surface area contributed by atoms with Crippen molar-refractivity contribution in [2.75, 3.05) is 19.4 Å². The second kappa shape index (κ2) is 14.7. The molecule has 2 heterocycles. The maximum atomic E-state index is 11.6. The maximum absolute atomic E-state index is 11.6. The van der Waals surface area contributed by atoms with Crippen molar-refractivity contribution in [1.82, 2.24) is 9.55 Å². The first-order valence-electron chi connectivity index (χ1n) is 10.8. The number of aliphatic hydroxyl groups excluding tert-OH is 7. The average Bonchev–Trinajstić information content (AvgIpc) is 3.13. The molecule has 40 heavy (non-hydrogen) atoms. The number of aromatic nitrogens is 2. The average molecular weight is 625 g/mol.